The first-order valence-electron chi connectivity index (χ1n) is 5.91. The molecule has 0 fully saturated rings. The number of aromatic nitrogens is 2. The molecule has 0 aliphatic heterocycles. The maximum Gasteiger partial charge on any atom is 0.287 e. The molecule has 0 radical (unpaired) electrons. The summed E-state index contributed by atoms with van der Waals surface area (Å²) in [5.74, 6) is 0. The minimum atomic E-state index is -0.702. The van der Waals surface area contributed by atoms with Gasteiger partial charge in [-0.2, -0.15) is 0 Å². The number of non-ortho nitro benzene ring substituents is 2. The summed E-state index contributed by atoms with van der Waals surface area (Å²) in [4.78, 5) is 32.4. The second-order valence-corrected chi connectivity index (χ2v) is 4.45. The average molecular weight is 302 g/mol. The summed E-state index contributed by atoms with van der Waals surface area (Å²) in [5, 5.41) is 33.8. The molecule has 3 aromatic rings. The van der Waals surface area contributed by atoms with Crippen LogP contribution < -0.4 is 4.43 Å². The molecule has 3 rings (SSSR count). The molecule has 0 N–H and O–H groups in total. The van der Waals surface area contributed by atoms with E-state index in [-0.39, 0.29) is 38.2 Å². The van der Waals surface area contributed by atoms with Crippen molar-refractivity contribution in [3.8, 4) is 0 Å². The first-order chi connectivity index (χ1) is 10.4. The summed E-state index contributed by atoms with van der Waals surface area (Å²) >= 11 is 0. The van der Waals surface area contributed by atoms with Gasteiger partial charge in [0, 0.05) is 41.3 Å². The van der Waals surface area contributed by atoms with Crippen molar-refractivity contribution in [2.75, 3.05) is 0 Å². The minimum absolute atomic E-state index is 0.0676. The van der Waals surface area contributed by atoms with Crippen molar-refractivity contribution in [3.63, 3.8) is 0 Å². The van der Waals surface area contributed by atoms with Gasteiger partial charge in [-0.25, -0.2) is 0 Å². The van der Waals surface area contributed by atoms with Crippen molar-refractivity contribution in [1.82, 2.24) is 4.73 Å². The van der Waals surface area contributed by atoms with Crippen LogP contribution in [-0.4, -0.2) is 14.6 Å². The van der Waals surface area contributed by atoms with E-state index in [1.54, 1.807) is 0 Å². The number of hydrogen-bond donors (Lipinski definition) is 0. The van der Waals surface area contributed by atoms with E-state index >= 15 is 0 Å². The maximum absolute atomic E-state index is 12.3. The third kappa shape index (κ3) is 1.82. The fourth-order valence-electron chi connectivity index (χ4n) is 2.18. The SMILES string of the molecule is O=[N+]([O-])c1ccc2c(c1)n([O-])c1cc([N+](=O)[O-])ccc1[n+]2=O. The van der Waals surface area contributed by atoms with Crippen molar-refractivity contribution in [2.45, 2.75) is 0 Å². The minimum Gasteiger partial charge on any atom is -0.805 e. The normalized spacial score (nSPS) is 10.9. The molecule has 10 heteroatoms. The quantitative estimate of drug-likeness (QED) is 0.306. The Morgan fingerprint density at radius 1 is 0.864 bits per heavy atom. The highest BCUT2D eigenvalue weighted by molar-refractivity contribution is 5.85. The molecule has 0 saturated heterocycles. The van der Waals surface area contributed by atoms with Gasteiger partial charge in [0.2, 0.25) is 0 Å². The summed E-state index contributed by atoms with van der Waals surface area (Å²) in [6, 6.07) is 6.44. The first-order valence-corrected chi connectivity index (χ1v) is 5.91. The van der Waals surface area contributed by atoms with E-state index in [1.807, 2.05) is 0 Å². The lowest BCUT2D eigenvalue weighted by Gasteiger charge is -2.13. The van der Waals surface area contributed by atoms with Gasteiger partial charge in [-0.3, -0.25) is 20.2 Å². The maximum atomic E-state index is 12.3. The Bertz CT molecular complexity index is 947. The Kier molecular flexibility index (Phi) is 2.73. The predicted molar refractivity (Wildman–Crippen MR) is 74.9 cm³/mol. The van der Waals surface area contributed by atoms with E-state index in [9.17, 15) is 30.3 Å². The molecule has 0 atom stereocenters. The molecular formula is C12H6N4O6. The van der Waals surface area contributed by atoms with Crippen LogP contribution in [0.25, 0.3) is 22.1 Å². The Hall–Kier alpha value is -3.56. The van der Waals surface area contributed by atoms with E-state index in [0.29, 0.717) is 4.43 Å². The van der Waals surface area contributed by atoms with Crippen LogP contribution in [0.15, 0.2) is 36.4 Å². The standard InChI is InChI=1S/C12H6N4O6/c17-13-9-3-1-7(15(19)20)5-11(9)14(18)12-6-8(16(21)22)2-4-10(12)13/h1-6H. The van der Waals surface area contributed by atoms with Crippen molar-refractivity contribution in [3.05, 3.63) is 66.7 Å². The third-order valence-corrected chi connectivity index (χ3v) is 3.21. The summed E-state index contributed by atoms with van der Waals surface area (Å²) in [7, 11) is 0. The highest BCUT2D eigenvalue weighted by atomic mass is 16.6. The van der Waals surface area contributed by atoms with Crippen molar-refractivity contribution >= 4 is 33.4 Å². The summed E-state index contributed by atoms with van der Waals surface area (Å²) in [6.45, 7) is 0. The molecule has 0 aliphatic carbocycles. The van der Waals surface area contributed by atoms with Crippen LogP contribution in [0.3, 0.4) is 0 Å². The van der Waals surface area contributed by atoms with Crippen molar-refractivity contribution in [1.29, 1.82) is 0 Å². The zero-order valence-electron chi connectivity index (χ0n) is 10.7. The van der Waals surface area contributed by atoms with Crippen LogP contribution in [0.2, 0.25) is 0 Å². The number of nitro benzene ring substituents is 2. The zero-order valence-corrected chi connectivity index (χ0v) is 10.7. The van der Waals surface area contributed by atoms with Crippen LogP contribution in [0, 0.1) is 30.3 Å². The second kappa shape index (κ2) is 4.48. The number of nitrogens with zero attached hydrogens (tertiary/aromatic N) is 4. The first kappa shape index (κ1) is 13.4. The Balaban J connectivity index is 2.50. The monoisotopic (exact) mass is 302 g/mol. The molecule has 110 valence electrons. The van der Waals surface area contributed by atoms with Gasteiger partial charge >= 0.3 is 0 Å². The zero-order chi connectivity index (χ0) is 16.0. The van der Waals surface area contributed by atoms with Crippen molar-refractivity contribution in [2.24, 2.45) is 0 Å². The fraction of sp³-hybridized carbons (Fsp3) is 0. The number of benzene rings is 2. The Morgan fingerprint density at radius 3 is 1.64 bits per heavy atom. The lowest BCUT2D eigenvalue weighted by atomic mass is 10.2. The third-order valence-electron chi connectivity index (χ3n) is 3.21. The van der Waals surface area contributed by atoms with Crippen LogP contribution >= 0.6 is 0 Å². The molecule has 2 aromatic carbocycles. The van der Waals surface area contributed by atoms with E-state index in [1.165, 1.54) is 0 Å². The van der Waals surface area contributed by atoms with Crippen LogP contribution in [0.1, 0.15) is 0 Å². The lowest BCUT2D eigenvalue weighted by molar-refractivity contribution is -0.433. The molecule has 0 unspecified atom stereocenters. The van der Waals surface area contributed by atoms with Crippen molar-refractivity contribution < 1.29 is 14.3 Å². The van der Waals surface area contributed by atoms with E-state index < -0.39 is 9.85 Å². The molecule has 1 aromatic heterocycles. The molecule has 0 bridgehead atoms. The topological polar surface area (TPSA) is 137 Å². The number of fused-ring (bicyclic) bond motifs is 2. The van der Waals surface area contributed by atoms with E-state index in [2.05, 4.69) is 0 Å². The fourth-order valence-corrected chi connectivity index (χ4v) is 2.18. The lowest BCUT2D eigenvalue weighted by Crippen LogP contribution is -2.19. The molecule has 10 nitrogen and oxygen atoms in total. The van der Waals surface area contributed by atoms with Gasteiger partial charge in [0.1, 0.15) is 11.0 Å². The summed E-state index contributed by atoms with van der Waals surface area (Å²) in [6.07, 6.45) is 0. The summed E-state index contributed by atoms with van der Waals surface area (Å²) in [5.41, 5.74) is -1.33. The average Bonchev–Trinajstić information content (AvgIpc) is 2.51. The van der Waals surface area contributed by atoms with Gasteiger partial charge in [-0.05, 0) is 0 Å². The van der Waals surface area contributed by atoms with Gasteiger partial charge in [0.05, 0.1) is 14.3 Å². The second-order valence-electron chi connectivity index (χ2n) is 4.45. The van der Waals surface area contributed by atoms with Crippen LogP contribution in [0.5, 0.6) is 0 Å². The van der Waals surface area contributed by atoms with E-state index in [0.717, 1.165) is 36.4 Å². The molecule has 0 amide bonds. The highest BCUT2D eigenvalue weighted by Crippen LogP contribution is 2.24. The molecule has 0 aliphatic rings. The number of rotatable bonds is 2. The highest BCUT2D eigenvalue weighted by Gasteiger charge is 2.20. The number of nitro groups is 2. The molecule has 0 spiro atoms. The van der Waals surface area contributed by atoms with Gasteiger partial charge in [0.15, 0.2) is 0 Å². The Morgan fingerprint density at radius 2 is 1.27 bits per heavy atom. The van der Waals surface area contributed by atoms with Gasteiger partial charge in [0.25, 0.3) is 22.4 Å². The van der Waals surface area contributed by atoms with Gasteiger partial charge in [-0.15, -0.1) is 0 Å². The predicted octanol–water partition coefficient (Wildman–Crippen LogP) is 1.87. The van der Waals surface area contributed by atoms with Gasteiger partial charge < -0.3 is 9.94 Å². The van der Waals surface area contributed by atoms with Crippen LogP contribution in [0.4, 0.5) is 11.4 Å². The molecule has 22 heavy (non-hydrogen) atoms. The van der Waals surface area contributed by atoms with Crippen LogP contribution in [-0.2, 0) is 0 Å². The smallest absolute Gasteiger partial charge is 0.287 e. The Labute approximate surface area is 120 Å². The largest absolute Gasteiger partial charge is 0.805 e. The molecule has 0 saturated carbocycles. The summed E-state index contributed by atoms with van der Waals surface area (Å²) < 4.78 is 0.686. The molecular weight excluding hydrogens is 296 g/mol. The van der Waals surface area contributed by atoms with Gasteiger partial charge in [-0.1, -0.05) is 0 Å². The van der Waals surface area contributed by atoms with E-state index in [4.69, 9.17) is 0 Å². The molecule has 1 heterocycles. The number of hydrogen-bond acceptors (Lipinski definition) is 6.